The number of esters is 2. The number of ether oxygens (including phenoxy) is 2. The molecule has 3 rings (SSSR count). The van der Waals surface area contributed by atoms with Crippen molar-refractivity contribution in [3.63, 3.8) is 0 Å². The Bertz CT molecular complexity index is 903. The maximum absolute atomic E-state index is 12.8. The van der Waals surface area contributed by atoms with Crippen molar-refractivity contribution in [2.45, 2.75) is 33.6 Å². The number of carbonyl (C=O) groups excluding carboxylic acids is 2. The first-order chi connectivity index (χ1) is 13.9. The number of anilines is 1. The topological polar surface area (TPSA) is 55.8 Å². The van der Waals surface area contributed by atoms with E-state index in [0.717, 1.165) is 22.4 Å². The monoisotopic (exact) mass is 411 g/mol. The van der Waals surface area contributed by atoms with Crippen molar-refractivity contribution in [2.75, 3.05) is 18.1 Å². The van der Waals surface area contributed by atoms with Gasteiger partial charge in [0.1, 0.15) is 0 Å². The van der Waals surface area contributed by atoms with Crippen LogP contribution in [0.5, 0.6) is 0 Å². The number of rotatable bonds is 6. The summed E-state index contributed by atoms with van der Waals surface area (Å²) in [6.45, 7) is 8.08. The summed E-state index contributed by atoms with van der Waals surface area (Å²) in [7, 11) is 0. The summed E-state index contributed by atoms with van der Waals surface area (Å²) in [6.07, 6.45) is 3.52. The van der Waals surface area contributed by atoms with Crippen molar-refractivity contribution in [1.82, 2.24) is 0 Å². The third-order valence-corrected chi connectivity index (χ3v) is 5.28. The Morgan fingerprint density at radius 2 is 1.52 bits per heavy atom. The molecule has 6 heteroatoms. The van der Waals surface area contributed by atoms with E-state index in [9.17, 15) is 9.59 Å². The standard InChI is InChI=1S/C23H25NO4S/c1-5-27-22(25)19-12-24(18-10-15(3)9-16(4)11-18)13-20(23(26)28-6-2)21(19)17-7-8-29-14-17/h7-14,21H,5-6H2,1-4H3. The number of benzene rings is 1. The van der Waals surface area contributed by atoms with Gasteiger partial charge in [0.25, 0.3) is 0 Å². The molecule has 1 aliphatic rings. The molecule has 5 nitrogen and oxygen atoms in total. The summed E-state index contributed by atoms with van der Waals surface area (Å²) >= 11 is 1.52. The molecule has 152 valence electrons. The first-order valence-electron chi connectivity index (χ1n) is 9.61. The predicted octanol–water partition coefficient (Wildman–Crippen LogP) is 4.86. The summed E-state index contributed by atoms with van der Waals surface area (Å²) in [4.78, 5) is 27.5. The Morgan fingerprint density at radius 3 is 1.97 bits per heavy atom. The summed E-state index contributed by atoms with van der Waals surface area (Å²) in [5, 5.41) is 3.87. The average Bonchev–Trinajstić information content (AvgIpc) is 3.21. The van der Waals surface area contributed by atoms with E-state index in [1.807, 2.05) is 42.8 Å². The van der Waals surface area contributed by atoms with Crippen molar-refractivity contribution < 1.29 is 19.1 Å². The molecule has 29 heavy (non-hydrogen) atoms. The van der Waals surface area contributed by atoms with Crippen LogP contribution in [0.3, 0.4) is 0 Å². The van der Waals surface area contributed by atoms with Crippen LogP contribution in [0.4, 0.5) is 5.69 Å². The lowest BCUT2D eigenvalue weighted by Gasteiger charge is -2.30. The van der Waals surface area contributed by atoms with Crippen LogP contribution in [-0.4, -0.2) is 25.2 Å². The van der Waals surface area contributed by atoms with Gasteiger partial charge in [-0.2, -0.15) is 11.3 Å². The van der Waals surface area contributed by atoms with Crippen LogP contribution in [0.1, 0.15) is 36.5 Å². The fourth-order valence-electron chi connectivity index (χ4n) is 3.47. The first-order valence-corrected chi connectivity index (χ1v) is 10.5. The Hall–Kier alpha value is -2.86. The molecular formula is C23H25NO4S. The largest absolute Gasteiger partial charge is 0.463 e. The van der Waals surface area contributed by atoms with E-state index in [1.165, 1.54) is 11.3 Å². The van der Waals surface area contributed by atoms with E-state index in [1.54, 1.807) is 31.1 Å². The normalized spacial score (nSPS) is 14.3. The lowest BCUT2D eigenvalue weighted by Crippen LogP contribution is -2.29. The van der Waals surface area contributed by atoms with E-state index in [2.05, 4.69) is 6.07 Å². The molecule has 0 spiro atoms. The molecular weight excluding hydrogens is 386 g/mol. The zero-order valence-electron chi connectivity index (χ0n) is 17.1. The van der Waals surface area contributed by atoms with E-state index in [4.69, 9.17) is 9.47 Å². The number of nitrogens with zero attached hydrogens (tertiary/aromatic N) is 1. The number of hydrogen-bond acceptors (Lipinski definition) is 6. The third kappa shape index (κ3) is 4.59. The van der Waals surface area contributed by atoms with Crippen LogP contribution in [0.25, 0.3) is 0 Å². The molecule has 1 aromatic carbocycles. The maximum Gasteiger partial charge on any atom is 0.336 e. The van der Waals surface area contributed by atoms with Crippen LogP contribution in [0.2, 0.25) is 0 Å². The zero-order chi connectivity index (χ0) is 21.0. The van der Waals surface area contributed by atoms with Crippen LogP contribution in [0, 0.1) is 13.8 Å². The predicted molar refractivity (Wildman–Crippen MR) is 115 cm³/mol. The molecule has 0 N–H and O–H groups in total. The molecule has 0 amide bonds. The van der Waals surface area contributed by atoms with Crippen molar-refractivity contribution in [1.29, 1.82) is 0 Å². The Kier molecular flexibility index (Phi) is 6.54. The van der Waals surface area contributed by atoms with Crippen molar-refractivity contribution >= 4 is 29.0 Å². The smallest absolute Gasteiger partial charge is 0.336 e. The van der Waals surface area contributed by atoms with Gasteiger partial charge in [0, 0.05) is 18.1 Å². The minimum Gasteiger partial charge on any atom is -0.463 e. The SMILES string of the molecule is CCOC(=O)C1=CN(c2cc(C)cc(C)c2)C=C(C(=O)OCC)C1c1ccsc1. The van der Waals surface area contributed by atoms with Gasteiger partial charge in [-0.1, -0.05) is 6.07 Å². The van der Waals surface area contributed by atoms with Gasteiger partial charge in [-0.3, -0.25) is 0 Å². The summed E-state index contributed by atoms with van der Waals surface area (Å²) in [6, 6.07) is 8.02. The second-order valence-corrected chi connectivity index (χ2v) is 7.63. The quantitative estimate of drug-likeness (QED) is 0.635. The van der Waals surface area contributed by atoms with Crippen molar-refractivity contribution in [3.8, 4) is 0 Å². The highest BCUT2D eigenvalue weighted by atomic mass is 32.1. The van der Waals surface area contributed by atoms with Gasteiger partial charge in [0.15, 0.2) is 0 Å². The molecule has 0 fully saturated rings. The molecule has 1 aromatic heterocycles. The minimum atomic E-state index is -0.526. The maximum atomic E-state index is 12.8. The second-order valence-electron chi connectivity index (χ2n) is 6.85. The molecule has 1 aliphatic heterocycles. The molecule has 0 bridgehead atoms. The highest BCUT2D eigenvalue weighted by Gasteiger charge is 2.36. The zero-order valence-corrected chi connectivity index (χ0v) is 17.9. The number of hydrogen-bond donors (Lipinski definition) is 0. The highest BCUT2D eigenvalue weighted by Crippen LogP contribution is 2.39. The second kappa shape index (κ2) is 9.09. The Morgan fingerprint density at radius 1 is 0.966 bits per heavy atom. The summed E-state index contributed by atoms with van der Waals surface area (Å²) < 4.78 is 10.6. The summed E-state index contributed by atoms with van der Waals surface area (Å²) in [5.74, 6) is -1.40. The fraction of sp³-hybridized carbons (Fsp3) is 0.304. The Labute approximate surface area is 175 Å². The van der Waals surface area contributed by atoms with Gasteiger partial charge in [-0.15, -0.1) is 0 Å². The van der Waals surface area contributed by atoms with E-state index < -0.39 is 17.9 Å². The summed E-state index contributed by atoms with van der Waals surface area (Å²) in [5.41, 5.74) is 4.75. The van der Waals surface area contributed by atoms with Crippen LogP contribution >= 0.6 is 11.3 Å². The van der Waals surface area contributed by atoms with Gasteiger partial charge >= 0.3 is 11.9 Å². The van der Waals surface area contributed by atoms with Gasteiger partial charge < -0.3 is 14.4 Å². The molecule has 0 radical (unpaired) electrons. The number of carbonyl (C=O) groups is 2. The van der Waals surface area contributed by atoms with Crippen LogP contribution < -0.4 is 4.90 Å². The van der Waals surface area contributed by atoms with Crippen molar-refractivity contribution in [3.05, 3.63) is 75.3 Å². The molecule has 2 aromatic rings. The lowest BCUT2D eigenvalue weighted by atomic mass is 9.84. The highest BCUT2D eigenvalue weighted by molar-refractivity contribution is 7.08. The van der Waals surface area contributed by atoms with E-state index in [0.29, 0.717) is 11.1 Å². The number of aryl methyl sites for hydroxylation is 2. The van der Waals surface area contributed by atoms with Gasteiger partial charge in [-0.25, -0.2) is 9.59 Å². The first kappa shape index (κ1) is 20.9. The van der Waals surface area contributed by atoms with Gasteiger partial charge in [0.2, 0.25) is 0 Å². The minimum absolute atomic E-state index is 0.258. The molecule has 0 aliphatic carbocycles. The molecule has 0 atom stereocenters. The fourth-order valence-corrected chi connectivity index (χ4v) is 4.16. The molecule has 2 heterocycles. The number of thiophene rings is 1. The lowest BCUT2D eigenvalue weighted by molar-refractivity contribution is -0.139. The Balaban J connectivity index is 2.16. The molecule has 0 unspecified atom stereocenters. The van der Waals surface area contributed by atoms with Gasteiger partial charge in [0.05, 0.1) is 30.3 Å². The van der Waals surface area contributed by atoms with Gasteiger partial charge in [-0.05, 0) is 73.3 Å². The van der Waals surface area contributed by atoms with Crippen LogP contribution in [0.15, 0.2) is 58.6 Å². The van der Waals surface area contributed by atoms with Crippen LogP contribution in [-0.2, 0) is 19.1 Å². The average molecular weight is 412 g/mol. The third-order valence-electron chi connectivity index (χ3n) is 4.58. The van der Waals surface area contributed by atoms with E-state index >= 15 is 0 Å². The van der Waals surface area contributed by atoms with E-state index in [-0.39, 0.29) is 13.2 Å². The van der Waals surface area contributed by atoms with Crippen molar-refractivity contribution in [2.24, 2.45) is 0 Å². The molecule has 0 saturated heterocycles. The molecule has 0 saturated carbocycles.